The molecule has 0 radical (unpaired) electrons. The van der Waals surface area contributed by atoms with Crippen molar-refractivity contribution >= 4 is 5.97 Å². The van der Waals surface area contributed by atoms with Crippen molar-refractivity contribution in [3.8, 4) is 0 Å². The summed E-state index contributed by atoms with van der Waals surface area (Å²) in [6.45, 7) is 1.93. The Morgan fingerprint density at radius 2 is 2.16 bits per heavy atom. The molecule has 2 rings (SSSR count). The molecular weight excluding hydrogens is 250 g/mol. The first-order valence-electron chi connectivity index (χ1n) is 6.37. The second-order valence-electron chi connectivity index (χ2n) is 4.41. The highest BCUT2D eigenvalue weighted by molar-refractivity contribution is 5.88. The molecule has 19 heavy (non-hydrogen) atoms. The minimum Gasteiger partial charge on any atom is -0.464 e. The lowest BCUT2D eigenvalue weighted by molar-refractivity contribution is 0.0590. The van der Waals surface area contributed by atoms with E-state index >= 15 is 0 Å². The molecule has 0 bridgehead atoms. The van der Waals surface area contributed by atoms with Crippen LogP contribution < -0.4 is 0 Å². The van der Waals surface area contributed by atoms with Crippen molar-refractivity contribution in [1.82, 2.24) is 15.0 Å². The van der Waals surface area contributed by atoms with Gasteiger partial charge >= 0.3 is 5.97 Å². The molecule has 1 aliphatic heterocycles. The molecule has 7 heteroatoms. The summed E-state index contributed by atoms with van der Waals surface area (Å²) in [5.41, 5.74) is 1.06. The molecule has 0 amide bonds. The van der Waals surface area contributed by atoms with Gasteiger partial charge in [0.2, 0.25) is 0 Å². The fourth-order valence-corrected chi connectivity index (χ4v) is 2.22. The van der Waals surface area contributed by atoms with Gasteiger partial charge in [-0.05, 0) is 12.8 Å². The average Bonchev–Trinajstić information content (AvgIpc) is 2.89. The third-order valence-corrected chi connectivity index (χ3v) is 3.25. The molecule has 2 heterocycles. The van der Waals surface area contributed by atoms with E-state index < -0.39 is 5.97 Å². The second-order valence-corrected chi connectivity index (χ2v) is 4.41. The zero-order chi connectivity index (χ0) is 13.7. The topological polar surface area (TPSA) is 75.5 Å². The van der Waals surface area contributed by atoms with Gasteiger partial charge in [0.1, 0.15) is 0 Å². The van der Waals surface area contributed by atoms with Crippen LogP contribution in [0.25, 0.3) is 0 Å². The minimum absolute atomic E-state index is 0.228. The largest absolute Gasteiger partial charge is 0.464 e. The number of nitrogens with zero attached hydrogens (tertiary/aromatic N) is 3. The molecule has 1 saturated heterocycles. The van der Waals surface area contributed by atoms with E-state index in [9.17, 15) is 4.79 Å². The highest BCUT2D eigenvalue weighted by Crippen LogP contribution is 2.23. The van der Waals surface area contributed by atoms with Crippen LogP contribution in [0.1, 0.15) is 35.1 Å². The van der Waals surface area contributed by atoms with E-state index in [0.717, 1.165) is 18.5 Å². The number of methoxy groups -OCH3 is 2. The minimum atomic E-state index is -0.454. The number of hydrogen-bond acceptors (Lipinski definition) is 6. The molecule has 0 unspecified atom stereocenters. The lowest BCUT2D eigenvalue weighted by Gasteiger charge is -2.23. The maximum Gasteiger partial charge on any atom is 0.360 e. The maximum absolute atomic E-state index is 11.7. The van der Waals surface area contributed by atoms with Crippen molar-refractivity contribution in [1.29, 1.82) is 0 Å². The lowest BCUT2D eigenvalue weighted by Crippen LogP contribution is -2.23. The van der Waals surface area contributed by atoms with Gasteiger partial charge in [-0.15, -0.1) is 5.10 Å². The van der Waals surface area contributed by atoms with Crippen LogP contribution in [0.4, 0.5) is 0 Å². The quantitative estimate of drug-likeness (QED) is 0.729. The number of carbonyl (C=O) groups is 1. The van der Waals surface area contributed by atoms with Crippen LogP contribution in [0.2, 0.25) is 0 Å². The monoisotopic (exact) mass is 269 g/mol. The molecule has 1 aromatic heterocycles. The molecule has 106 valence electrons. The first-order valence-corrected chi connectivity index (χ1v) is 6.37. The zero-order valence-electron chi connectivity index (χ0n) is 11.3. The van der Waals surface area contributed by atoms with Crippen LogP contribution in [-0.2, 0) is 20.6 Å². The van der Waals surface area contributed by atoms with Gasteiger partial charge in [-0.25, -0.2) is 9.48 Å². The second kappa shape index (κ2) is 6.63. The smallest absolute Gasteiger partial charge is 0.360 e. The van der Waals surface area contributed by atoms with Crippen LogP contribution in [0.5, 0.6) is 0 Å². The molecule has 0 aromatic carbocycles. The molecule has 1 aromatic rings. The van der Waals surface area contributed by atoms with Gasteiger partial charge in [-0.3, -0.25) is 0 Å². The van der Waals surface area contributed by atoms with E-state index in [4.69, 9.17) is 14.2 Å². The molecule has 0 N–H and O–H groups in total. The van der Waals surface area contributed by atoms with Crippen molar-refractivity contribution in [3.05, 3.63) is 11.4 Å². The van der Waals surface area contributed by atoms with Gasteiger partial charge in [0.25, 0.3) is 0 Å². The summed E-state index contributed by atoms with van der Waals surface area (Å²) in [4.78, 5) is 11.7. The first kappa shape index (κ1) is 14.0. The van der Waals surface area contributed by atoms with Crippen molar-refractivity contribution in [2.75, 3.05) is 34.0 Å². The fraction of sp³-hybridized carbons (Fsp3) is 0.750. The first-order chi connectivity index (χ1) is 9.27. The third-order valence-electron chi connectivity index (χ3n) is 3.25. The summed E-state index contributed by atoms with van der Waals surface area (Å²) in [5, 5.41) is 8.07. The maximum atomic E-state index is 11.7. The summed E-state index contributed by atoms with van der Waals surface area (Å²) in [7, 11) is 2.97. The van der Waals surface area contributed by atoms with E-state index in [2.05, 4.69) is 10.3 Å². The Morgan fingerprint density at radius 3 is 2.79 bits per heavy atom. The van der Waals surface area contributed by atoms with Crippen LogP contribution in [0.15, 0.2) is 0 Å². The summed E-state index contributed by atoms with van der Waals surface area (Å²) in [6.07, 6.45) is 2.35. The van der Waals surface area contributed by atoms with Crippen LogP contribution in [0.3, 0.4) is 0 Å². The standard InChI is InChI=1S/C12H19N3O4/c1-17-6-5-10-11(12(16)18-2)13-14-15(10)9-3-7-19-8-4-9/h9H,3-8H2,1-2H3. The van der Waals surface area contributed by atoms with Gasteiger partial charge in [-0.1, -0.05) is 5.21 Å². The van der Waals surface area contributed by atoms with Crippen molar-refractivity contribution in [3.63, 3.8) is 0 Å². The number of esters is 1. The Morgan fingerprint density at radius 1 is 1.42 bits per heavy atom. The molecule has 1 fully saturated rings. The third kappa shape index (κ3) is 3.10. The number of ether oxygens (including phenoxy) is 3. The Kier molecular flexibility index (Phi) is 4.86. The molecule has 7 nitrogen and oxygen atoms in total. The van der Waals surface area contributed by atoms with Gasteiger partial charge < -0.3 is 14.2 Å². The van der Waals surface area contributed by atoms with Gasteiger partial charge in [0.15, 0.2) is 5.69 Å². The number of rotatable bonds is 5. The summed E-state index contributed by atoms with van der Waals surface area (Å²) in [6, 6.07) is 0.228. The Labute approximate surface area is 111 Å². The van der Waals surface area contributed by atoms with E-state index in [0.29, 0.717) is 26.2 Å². The van der Waals surface area contributed by atoms with Crippen LogP contribution in [0, 0.1) is 0 Å². The molecule has 1 aliphatic rings. The Bertz CT molecular complexity index is 427. The van der Waals surface area contributed by atoms with E-state index in [1.165, 1.54) is 7.11 Å². The summed E-state index contributed by atoms with van der Waals surface area (Å²) >= 11 is 0. The highest BCUT2D eigenvalue weighted by atomic mass is 16.5. The number of hydrogen-bond donors (Lipinski definition) is 0. The summed E-state index contributed by atoms with van der Waals surface area (Å²) in [5.74, 6) is -0.454. The molecule has 0 aliphatic carbocycles. The van der Waals surface area contributed by atoms with E-state index in [-0.39, 0.29) is 11.7 Å². The molecule has 0 atom stereocenters. The number of aromatic nitrogens is 3. The SMILES string of the molecule is COCCc1c(C(=O)OC)nnn1C1CCOCC1. The average molecular weight is 269 g/mol. The van der Waals surface area contributed by atoms with Gasteiger partial charge in [0, 0.05) is 26.7 Å². The fourth-order valence-electron chi connectivity index (χ4n) is 2.22. The van der Waals surface area contributed by atoms with Crippen molar-refractivity contribution < 1.29 is 19.0 Å². The molecular formula is C12H19N3O4. The Balaban J connectivity index is 2.25. The van der Waals surface area contributed by atoms with E-state index in [1.54, 1.807) is 7.11 Å². The molecule has 0 saturated carbocycles. The van der Waals surface area contributed by atoms with Crippen molar-refractivity contribution in [2.45, 2.75) is 25.3 Å². The normalized spacial score (nSPS) is 16.5. The summed E-state index contributed by atoms with van der Waals surface area (Å²) < 4.78 is 17.0. The Hall–Kier alpha value is -1.47. The van der Waals surface area contributed by atoms with E-state index in [1.807, 2.05) is 4.68 Å². The lowest BCUT2D eigenvalue weighted by atomic mass is 10.1. The highest BCUT2D eigenvalue weighted by Gasteiger charge is 2.25. The van der Waals surface area contributed by atoms with Gasteiger partial charge in [-0.2, -0.15) is 0 Å². The number of carbonyl (C=O) groups excluding carboxylic acids is 1. The van der Waals surface area contributed by atoms with Gasteiger partial charge in [0.05, 0.1) is 25.5 Å². The predicted molar refractivity (Wildman–Crippen MR) is 66.0 cm³/mol. The van der Waals surface area contributed by atoms with Crippen molar-refractivity contribution in [2.24, 2.45) is 0 Å². The zero-order valence-corrected chi connectivity index (χ0v) is 11.3. The van der Waals surface area contributed by atoms with Crippen LogP contribution >= 0.6 is 0 Å². The molecule has 0 spiro atoms. The van der Waals surface area contributed by atoms with Crippen LogP contribution in [-0.4, -0.2) is 55.0 Å². The predicted octanol–water partition coefficient (Wildman–Crippen LogP) is 0.605.